The van der Waals surface area contributed by atoms with Gasteiger partial charge in [-0.25, -0.2) is 8.42 Å². The van der Waals surface area contributed by atoms with E-state index in [2.05, 4.69) is 5.32 Å². The van der Waals surface area contributed by atoms with Crippen LogP contribution in [0.2, 0.25) is 0 Å². The maximum atomic E-state index is 14.1. The lowest BCUT2D eigenvalue weighted by Crippen LogP contribution is -2.51. The summed E-state index contributed by atoms with van der Waals surface area (Å²) in [6, 6.07) is 18.3. The van der Waals surface area contributed by atoms with E-state index in [9.17, 15) is 18.0 Å². The number of methoxy groups -OCH3 is 1. The molecule has 2 amide bonds. The minimum Gasteiger partial charge on any atom is -0.497 e. The van der Waals surface area contributed by atoms with Crippen molar-refractivity contribution in [2.24, 2.45) is 5.92 Å². The minimum absolute atomic E-state index is 0.0845. The summed E-state index contributed by atoms with van der Waals surface area (Å²) < 4.78 is 34.5. The summed E-state index contributed by atoms with van der Waals surface area (Å²) in [5.74, 6) is 0.0980. The van der Waals surface area contributed by atoms with Gasteiger partial charge >= 0.3 is 0 Å². The van der Waals surface area contributed by atoms with Crippen molar-refractivity contribution in [2.75, 3.05) is 24.5 Å². The van der Waals surface area contributed by atoms with E-state index in [4.69, 9.17) is 4.74 Å². The molecule has 0 saturated carbocycles. The van der Waals surface area contributed by atoms with Crippen LogP contribution in [0.3, 0.4) is 0 Å². The number of aryl methyl sites for hydroxylation is 2. The van der Waals surface area contributed by atoms with E-state index in [1.165, 1.54) is 4.90 Å². The monoisotopic (exact) mass is 579 g/mol. The Labute approximate surface area is 244 Å². The number of benzene rings is 3. The number of nitrogens with zero attached hydrogens (tertiary/aromatic N) is 2. The molecule has 8 nitrogen and oxygen atoms in total. The average molecular weight is 580 g/mol. The van der Waals surface area contributed by atoms with Crippen molar-refractivity contribution in [1.29, 1.82) is 0 Å². The van der Waals surface area contributed by atoms with E-state index >= 15 is 0 Å². The van der Waals surface area contributed by atoms with Crippen molar-refractivity contribution in [3.63, 3.8) is 0 Å². The fraction of sp³-hybridized carbons (Fsp3) is 0.375. The van der Waals surface area contributed by atoms with Crippen LogP contribution in [0.15, 0.2) is 71.6 Å². The molecule has 0 aromatic heterocycles. The zero-order valence-corrected chi connectivity index (χ0v) is 25.8. The molecule has 0 heterocycles. The number of hydrogen-bond donors (Lipinski definition) is 1. The lowest BCUT2D eigenvalue weighted by atomic mass is 10.1. The number of ether oxygens (including phenoxy) is 1. The highest BCUT2D eigenvalue weighted by Gasteiger charge is 2.33. The third-order valence-electron chi connectivity index (χ3n) is 7.10. The summed E-state index contributed by atoms with van der Waals surface area (Å²) in [6.45, 7) is 11.4. The maximum Gasteiger partial charge on any atom is 0.264 e. The van der Waals surface area contributed by atoms with Gasteiger partial charge in [0.1, 0.15) is 18.3 Å². The molecule has 220 valence electrons. The number of anilines is 1. The van der Waals surface area contributed by atoms with Crippen molar-refractivity contribution < 1.29 is 22.7 Å². The highest BCUT2D eigenvalue weighted by Crippen LogP contribution is 2.29. The van der Waals surface area contributed by atoms with Crippen molar-refractivity contribution in [3.05, 3.63) is 89.0 Å². The molecule has 0 aliphatic heterocycles. The Morgan fingerprint density at radius 3 is 2.12 bits per heavy atom. The van der Waals surface area contributed by atoms with E-state index in [-0.39, 0.29) is 23.3 Å². The normalized spacial score (nSPS) is 12.1. The van der Waals surface area contributed by atoms with Gasteiger partial charge in [-0.15, -0.1) is 0 Å². The number of carbonyl (C=O) groups is 2. The molecule has 3 aromatic rings. The van der Waals surface area contributed by atoms with E-state index in [1.807, 2.05) is 52.8 Å². The number of sulfonamides is 1. The van der Waals surface area contributed by atoms with Crippen molar-refractivity contribution in [3.8, 4) is 5.75 Å². The van der Waals surface area contributed by atoms with Crippen molar-refractivity contribution in [2.45, 2.75) is 59.0 Å². The zero-order valence-electron chi connectivity index (χ0n) is 25.0. The predicted molar refractivity (Wildman–Crippen MR) is 162 cm³/mol. The molecule has 0 unspecified atom stereocenters. The second-order valence-electron chi connectivity index (χ2n) is 10.7. The minimum atomic E-state index is -4.12. The van der Waals surface area contributed by atoms with Crippen molar-refractivity contribution >= 4 is 27.5 Å². The van der Waals surface area contributed by atoms with Crippen LogP contribution in [0.1, 0.15) is 43.0 Å². The fourth-order valence-corrected chi connectivity index (χ4v) is 5.79. The molecule has 0 spiro atoms. The first-order valence-corrected chi connectivity index (χ1v) is 15.1. The maximum absolute atomic E-state index is 14.1. The van der Waals surface area contributed by atoms with E-state index in [0.29, 0.717) is 18.0 Å². The van der Waals surface area contributed by atoms with Crippen LogP contribution >= 0.6 is 0 Å². The first kappa shape index (κ1) is 31.7. The standard InChI is InChI=1S/C32H41N3O5S/c1-22(2)19-33-32(37)26(6)34(20-27-13-15-28(40-7)16-14-27)31(36)21-35(30-10-8-9-24(4)25(30)5)41(38,39)29-17-11-23(3)12-18-29/h8-18,22,26H,19-21H2,1-7H3,(H,33,37)/t26-/m0/s1. The number of carbonyl (C=O) groups excluding carboxylic acids is 2. The summed E-state index contributed by atoms with van der Waals surface area (Å²) in [7, 11) is -2.55. The van der Waals surface area contributed by atoms with Gasteiger partial charge in [-0.2, -0.15) is 0 Å². The highest BCUT2D eigenvalue weighted by atomic mass is 32.2. The first-order valence-electron chi connectivity index (χ1n) is 13.7. The highest BCUT2D eigenvalue weighted by molar-refractivity contribution is 7.92. The van der Waals surface area contributed by atoms with E-state index in [0.717, 1.165) is 26.6 Å². The average Bonchev–Trinajstić information content (AvgIpc) is 2.95. The molecule has 1 N–H and O–H groups in total. The van der Waals surface area contributed by atoms with Crippen LogP contribution in [-0.4, -0.2) is 51.4 Å². The Hall–Kier alpha value is -3.85. The Morgan fingerprint density at radius 2 is 1.54 bits per heavy atom. The van der Waals surface area contributed by atoms with Crippen LogP contribution in [0, 0.1) is 26.7 Å². The van der Waals surface area contributed by atoms with Crippen LogP contribution < -0.4 is 14.4 Å². The van der Waals surface area contributed by atoms with Gasteiger partial charge < -0.3 is 15.0 Å². The number of hydrogen-bond acceptors (Lipinski definition) is 5. The molecule has 1 atom stereocenters. The van der Waals surface area contributed by atoms with E-state index < -0.39 is 28.5 Å². The molecular formula is C32H41N3O5S. The molecule has 0 aliphatic carbocycles. The Balaban J connectivity index is 2.05. The van der Waals surface area contributed by atoms with E-state index in [1.54, 1.807) is 62.6 Å². The lowest BCUT2D eigenvalue weighted by Gasteiger charge is -2.32. The SMILES string of the molecule is COc1ccc(CN(C(=O)CN(c2cccc(C)c2C)S(=O)(=O)c2ccc(C)cc2)[C@@H](C)C(=O)NCC(C)C)cc1. The Bertz CT molecular complexity index is 1450. The fourth-order valence-electron chi connectivity index (χ4n) is 4.32. The number of amides is 2. The second kappa shape index (κ2) is 13.7. The molecule has 0 saturated heterocycles. The Morgan fingerprint density at radius 1 is 0.902 bits per heavy atom. The molecular weight excluding hydrogens is 538 g/mol. The summed E-state index contributed by atoms with van der Waals surface area (Å²) in [6.07, 6.45) is 0. The van der Waals surface area contributed by atoms with Gasteiger partial charge in [0.2, 0.25) is 11.8 Å². The molecule has 0 radical (unpaired) electrons. The van der Waals surface area contributed by atoms with Crippen LogP contribution in [0.25, 0.3) is 0 Å². The topological polar surface area (TPSA) is 96.0 Å². The first-order chi connectivity index (χ1) is 19.3. The molecule has 0 fully saturated rings. The smallest absolute Gasteiger partial charge is 0.264 e. The zero-order chi connectivity index (χ0) is 30.3. The van der Waals surface area contributed by atoms with Gasteiger partial charge in [-0.05, 0) is 80.6 Å². The van der Waals surface area contributed by atoms with Crippen molar-refractivity contribution in [1.82, 2.24) is 10.2 Å². The van der Waals surface area contributed by atoms with Gasteiger partial charge in [-0.3, -0.25) is 13.9 Å². The summed E-state index contributed by atoms with van der Waals surface area (Å²) in [5.41, 5.74) is 3.77. The number of rotatable bonds is 12. The molecule has 9 heteroatoms. The van der Waals surface area contributed by atoms with Crippen LogP contribution in [-0.2, 0) is 26.2 Å². The Kier molecular flexibility index (Phi) is 10.6. The molecule has 41 heavy (non-hydrogen) atoms. The molecule has 3 aromatic carbocycles. The summed E-state index contributed by atoms with van der Waals surface area (Å²) in [5, 5.41) is 2.90. The number of nitrogens with one attached hydrogen (secondary N) is 1. The van der Waals surface area contributed by atoms with Crippen LogP contribution in [0.4, 0.5) is 5.69 Å². The van der Waals surface area contributed by atoms with Gasteiger partial charge in [-0.1, -0.05) is 55.8 Å². The van der Waals surface area contributed by atoms with Gasteiger partial charge in [0.05, 0.1) is 17.7 Å². The molecule has 0 bridgehead atoms. The van der Waals surface area contributed by atoms with Gasteiger partial charge in [0, 0.05) is 13.1 Å². The third-order valence-corrected chi connectivity index (χ3v) is 8.87. The summed E-state index contributed by atoms with van der Waals surface area (Å²) in [4.78, 5) is 28.7. The van der Waals surface area contributed by atoms with Gasteiger partial charge in [0.25, 0.3) is 10.0 Å². The van der Waals surface area contributed by atoms with Gasteiger partial charge in [0.15, 0.2) is 0 Å². The quantitative estimate of drug-likeness (QED) is 0.326. The second-order valence-corrected chi connectivity index (χ2v) is 12.6. The summed E-state index contributed by atoms with van der Waals surface area (Å²) >= 11 is 0. The third kappa shape index (κ3) is 7.88. The lowest BCUT2D eigenvalue weighted by molar-refractivity contribution is -0.139. The van der Waals surface area contributed by atoms with Crippen LogP contribution in [0.5, 0.6) is 5.75 Å². The molecule has 0 aliphatic rings. The largest absolute Gasteiger partial charge is 0.497 e. The molecule has 3 rings (SSSR count). The predicted octanol–water partition coefficient (Wildman–Crippen LogP) is 5.01.